The van der Waals surface area contributed by atoms with Gasteiger partial charge >= 0.3 is 0 Å². The van der Waals surface area contributed by atoms with E-state index in [-0.39, 0.29) is 11.5 Å². The van der Waals surface area contributed by atoms with Gasteiger partial charge in [-0.2, -0.15) is 10.2 Å². The van der Waals surface area contributed by atoms with Gasteiger partial charge in [-0.25, -0.2) is 8.78 Å². The Hall–Kier alpha value is -2.77. The van der Waals surface area contributed by atoms with Crippen LogP contribution in [0.2, 0.25) is 0 Å². The number of fused-ring (bicyclic) bond motifs is 1. The van der Waals surface area contributed by atoms with Crippen LogP contribution in [0, 0.1) is 13.8 Å². The molecule has 0 aliphatic rings. The number of carbonyl (C=O) groups excluding carboxylic acids is 1. The van der Waals surface area contributed by atoms with Crippen molar-refractivity contribution in [3.8, 4) is 0 Å². The van der Waals surface area contributed by atoms with Gasteiger partial charge in [0, 0.05) is 24.3 Å². The van der Waals surface area contributed by atoms with Crippen molar-refractivity contribution in [2.75, 3.05) is 5.32 Å². The first-order valence-electron chi connectivity index (χ1n) is 7.42. The zero-order chi connectivity index (χ0) is 17.4. The number of nitrogens with one attached hydrogen (secondary N) is 1. The molecule has 0 saturated heterocycles. The number of nitrogens with zero attached hydrogens (tertiary/aromatic N) is 4. The van der Waals surface area contributed by atoms with Crippen LogP contribution in [0.5, 0.6) is 0 Å². The maximum atomic E-state index is 12.4. The van der Waals surface area contributed by atoms with Crippen LogP contribution in [-0.2, 0) is 13.6 Å². The number of alkyl halides is 2. The molecule has 2 heterocycles. The van der Waals surface area contributed by atoms with E-state index >= 15 is 0 Å². The number of hydrogen-bond donors (Lipinski definition) is 1. The van der Waals surface area contributed by atoms with E-state index in [2.05, 4.69) is 15.5 Å². The third-order valence-electron chi connectivity index (χ3n) is 3.81. The number of aryl methyl sites for hydroxylation is 3. The van der Waals surface area contributed by atoms with Gasteiger partial charge in [-0.1, -0.05) is 0 Å². The molecule has 24 heavy (non-hydrogen) atoms. The first-order valence-corrected chi connectivity index (χ1v) is 7.42. The van der Waals surface area contributed by atoms with Gasteiger partial charge in [0.1, 0.15) is 6.54 Å². The van der Waals surface area contributed by atoms with Crippen molar-refractivity contribution in [3.05, 3.63) is 41.3 Å². The highest BCUT2D eigenvalue weighted by atomic mass is 19.3. The Kier molecular flexibility index (Phi) is 4.04. The molecule has 1 N–H and O–H groups in total. The summed E-state index contributed by atoms with van der Waals surface area (Å²) >= 11 is 0. The molecule has 1 amide bonds. The smallest absolute Gasteiger partial charge is 0.259 e. The minimum absolute atomic E-state index is 0.275. The third kappa shape index (κ3) is 2.99. The summed E-state index contributed by atoms with van der Waals surface area (Å²) in [7, 11) is 1.83. The minimum Gasteiger partial charge on any atom is -0.322 e. The second-order valence-electron chi connectivity index (χ2n) is 5.64. The Morgan fingerprint density at radius 1 is 1.25 bits per heavy atom. The fourth-order valence-electron chi connectivity index (χ4n) is 2.69. The first kappa shape index (κ1) is 16.1. The number of benzene rings is 1. The van der Waals surface area contributed by atoms with Gasteiger partial charge in [0.2, 0.25) is 0 Å². The summed E-state index contributed by atoms with van der Waals surface area (Å²) in [6.07, 6.45) is -1.18. The van der Waals surface area contributed by atoms with Crippen LogP contribution in [0.15, 0.2) is 24.4 Å². The maximum Gasteiger partial charge on any atom is 0.259 e. The summed E-state index contributed by atoms with van der Waals surface area (Å²) in [5.74, 6) is -0.383. The number of hydrogen-bond acceptors (Lipinski definition) is 3. The van der Waals surface area contributed by atoms with Crippen molar-refractivity contribution in [2.24, 2.45) is 7.05 Å². The van der Waals surface area contributed by atoms with Gasteiger partial charge in [-0.15, -0.1) is 0 Å². The van der Waals surface area contributed by atoms with E-state index in [1.165, 1.54) is 6.20 Å². The Morgan fingerprint density at radius 3 is 2.71 bits per heavy atom. The second-order valence-corrected chi connectivity index (χ2v) is 5.64. The van der Waals surface area contributed by atoms with E-state index in [4.69, 9.17) is 0 Å². The number of anilines is 1. The standard InChI is InChI=1S/C16H17F2N5O/c1-9-12-5-4-11(6-14(12)22(3)20-9)19-16(24)13-7-23(8-15(17)18)21-10(13)2/h4-7,15H,8H2,1-3H3,(H,19,24). The van der Waals surface area contributed by atoms with Crippen molar-refractivity contribution in [2.45, 2.75) is 26.8 Å². The molecule has 0 saturated carbocycles. The quantitative estimate of drug-likeness (QED) is 0.798. The number of halogens is 2. The van der Waals surface area contributed by atoms with Gasteiger partial charge in [0.15, 0.2) is 0 Å². The Morgan fingerprint density at radius 2 is 2.00 bits per heavy atom. The van der Waals surface area contributed by atoms with E-state index in [0.29, 0.717) is 11.4 Å². The lowest BCUT2D eigenvalue weighted by atomic mass is 10.2. The summed E-state index contributed by atoms with van der Waals surface area (Å²) in [5, 5.41) is 12.1. The maximum absolute atomic E-state index is 12.4. The molecule has 0 aliphatic carbocycles. The van der Waals surface area contributed by atoms with Crippen LogP contribution in [0.1, 0.15) is 21.7 Å². The molecule has 3 aromatic rings. The molecule has 0 fully saturated rings. The van der Waals surface area contributed by atoms with E-state index in [1.807, 2.05) is 26.1 Å². The Balaban J connectivity index is 1.84. The van der Waals surface area contributed by atoms with Gasteiger partial charge in [0.05, 0.1) is 22.5 Å². The van der Waals surface area contributed by atoms with Gasteiger partial charge in [-0.3, -0.25) is 14.2 Å². The highest BCUT2D eigenvalue weighted by molar-refractivity contribution is 6.05. The SMILES string of the molecule is Cc1nn(CC(F)F)cc1C(=O)Nc1ccc2c(C)nn(C)c2c1. The fraction of sp³-hybridized carbons (Fsp3) is 0.312. The Labute approximate surface area is 137 Å². The average Bonchev–Trinajstić information content (AvgIpc) is 2.99. The molecule has 126 valence electrons. The van der Waals surface area contributed by atoms with E-state index in [9.17, 15) is 13.6 Å². The average molecular weight is 333 g/mol. The lowest BCUT2D eigenvalue weighted by molar-refractivity contribution is 0.102. The number of carbonyl (C=O) groups is 1. The van der Waals surface area contributed by atoms with Crippen molar-refractivity contribution >= 4 is 22.5 Å². The molecule has 3 rings (SSSR count). The molecule has 0 spiro atoms. The largest absolute Gasteiger partial charge is 0.322 e. The highest BCUT2D eigenvalue weighted by Gasteiger charge is 2.16. The fourth-order valence-corrected chi connectivity index (χ4v) is 2.69. The molecule has 2 aromatic heterocycles. The molecular weight excluding hydrogens is 316 g/mol. The van der Waals surface area contributed by atoms with E-state index in [1.54, 1.807) is 17.7 Å². The van der Waals surface area contributed by atoms with Crippen LogP contribution in [0.25, 0.3) is 10.9 Å². The number of aromatic nitrogens is 4. The van der Waals surface area contributed by atoms with Gasteiger partial charge in [0.25, 0.3) is 12.3 Å². The Bertz CT molecular complexity index is 913. The molecule has 0 aliphatic heterocycles. The van der Waals surface area contributed by atoms with E-state index in [0.717, 1.165) is 21.3 Å². The van der Waals surface area contributed by atoms with Crippen LogP contribution in [0.3, 0.4) is 0 Å². The van der Waals surface area contributed by atoms with Crippen molar-refractivity contribution in [1.82, 2.24) is 19.6 Å². The van der Waals surface area contributed by atoms with Crippen molar-refractivity contribution < 1.29 is 13.6 Å². The van der Waals surface area contributed by atoms with Crippen LogP contribution >= 0.6 is 0 Å². The minimum atomic E-state index is -2.52. The van der Waals surface area contributed by atoms with Crippen LogP contribution in [-0.4, -0.2) is 31.9 Å². The summed E-state index contributed by atoms with van der Waals surface area (Å²) < 4.78 is 27.7. The normalized spacial score (nSPS) is 11.4. The van der Waals surface area contributed by atoms with E-state index < -0.39 is 13.0 Å². The molecule has 0 atom stereocenters. The molecule has 0 radical (unpaired) electrons. The van der Waals surface area contributed by atoms with Crippen molar-refractivity contribution in [1.29, 1.82) is 0 Å². The summed E-state index contributed by atoms with van der Waals surface area (Å²) in [4.78, 5) is 12.4. The topological polar surface area (TPSA) is 64.7 Å². The third-order valence-corrected chi connectivity index (χ3v) is 3.81. The number of amides is 1. The van der Waals surface area contributed by atoms with Gasteiger partial charge < -0.3 is 5.32 Å². The predicted molar refractivity (Wildman–Crippen MR) is 86.4 cm³/mol. The zero-order valence-corrected chi connectivity index (χ0v) is 13.5. The molecule has 6 nitrogen and oxygen atoms in total. The highest BCUT2D eigenvalue weighted by Crippen LogP contribution is 2.22. The number of rotatable bonds is 4. The van der Waals surface area contributed by atoms with Crippen molar-refractivity contribution in [3.63, 3.8) is 0 Å². The van der Waals surface area contributed by atoms with Crippen LogP contribution in [0.4, 0.5) is 14.5 Å². The predicted octanol–water partition coefficient (Wildman–Crippen LogP) is 2.90. The lowest BCUT2D eigenvalue weighted by Crippen LogP contribution is -2.12. The lowest BCUT2D eigenvalue weighted by Gasteiger charge is -2.05. The molecule has 8 heteroatoms. The van der Waals surface area contributed by atoms with Crippen LogP contribution < -0.4 is 5.32 Å². The molecule has 0 unspecified atom stereocenters. The summed E-state index contributed by atoms with van der Waals surface area (Å²) in [6, 6.07) is 5.50. The summed E-state index contributed by atoms with van der Waals surface area (Å²) in [6.45, 7) is 3.00. The molecule has 0 bridgehead atoms. The molecule has 1 aromatic carbocycles. The zero-order valence-electron chi connectivity index (χ0n) is 13.5. The second kappa shape index (κ2) is 6.03. The monoisotopic (exact) mass is 333 g/mol. The first-order chi connectivity index (χ1) is 11.3. The molecular formula is C16H17F2N5O. The van der Waals surface area contributed by atoms with Gasteiger partial charge in [-0.05, 0) is 32.0 Å². The summed E-state index contributed by atoms with van der Waals surface area (Å²) in [5.41, 5.74) is 3.10.